The zero-order valence-corrected chi connectivity index (χ0v) is 14.8. The lowest BCUT2D eigenvalue weighted by atomic mass is 9.85. The maximum absolute atomic E-state index is 12.2. The van der Waals surface area contributed by atoms with Crippen LogP contribution in [0.3, 0.4) is 0 Å². The fourth-order valence-corrected chi connectivity index (χ4v) is 3.34. The van der Waals surface area contributed by atoms with Crippen LogP contribution in [-0.4, -0.2) is 37.0 Å². The summed E-state index contributed by atoms with van der Waals surface area (Å²) in [6.45, 7) is 0.346. The van der Waals surface area contributed by atoms with Gasteiger partial charge in [0.2, 0.25) is 0 Å². The number of phenolic OH excluding ortho intramolecular Hbond substituents is 2. The molecule has 0 aromatic heterocycles. The molecule has 1 fully saturated rings. The Labute approximate surface area is 151 Å². The molecule has 0 amide bonds. The third kappa shape index (κ3) is 3.69. The molecule has 2 atom stereocenters. The molecular weight excluding hydrogens is 336 g/mol. The minimum Gasteiger partial charge on any atom is -0.504 e. The number of phenols is 2. The van der Waals surface area contributed by atoms with Crippen LogP contribution in [0, 0.1) is 11.8 Å². The Bertz CT molecular complexity index is 801. The van der Waals surface area contributed by atoms with Gasteiger partial charge in [0.15, 0.2) is 23.0 Å². The van der Waals surface area contributed by atoms with Crippen molar-refractivity contribution in [1.29, 1.82) is 0 Å². The third-order valence-electron chi connectivity index (χ3n) is 4.75. The van der Waals surface area contributed by atoms with E-state index < -0.39 is 0 Å². The summed E-state index contributed by atoms with van der Waals surface area (Å²) in [5, 5.41) is 19.9. The highest BCUT2D eigenvalue weighted by molar-refractivity contribution is 5.75. The minimum atomic E-state index is -0.299. The summed E-state index contributed by atoms with van der Waals surface area (Å²) in [5.74, 6) is 0.403. The molecule has 2 aromatic carbocycles. The molecule has 0 spiro atoms. The average molecular weight is 358 g/mol. The number of rotatable bonds is 6. The standard InChI is InChI=1S/C20H22O6/c1-24-18-5-3-12(9-16(18)21)7-14-11-26-20(23)15(14)8-13-4-6-19(25-2)17(22)10-13/h3-6,9-10,14-15,21-22H,7-8,11H2,1-2H3/t14-,15+/m0/s1. The average Bonchev–Trinajstić information content (AvgIpc) is 2.95. The Balaban J connectivity index is 1.74. The van der Waals surface area contributed by atoms with E-state index >= 15 is 0 Å². The SMILES string of the molecule is COc1ccc(C[C@H]2COC(=O)[C@@H]2Cc2ccc(OC)c(O)c2)cc1O. The molecule has 0 unspecified atom stereocenters. The predicted molar refractivity (Wildman–Crippen MR) is 94.7 cm³/mol. The van der Waals surface area contributed by atoms with E-state index in [-0.39, 0.29) is 29.3 Å². The first-order chi connectivity index (χ1) is 12.5. The largest absolute Gasteiger partial charge is 0.504 e. The van der Waals surface area contributed by atoms with E-state index in [2.05, 4.69) is 0 Å². The molecular formula is C20H22O6. The number of carbonyl (C=O) groups excluding carboxylic acids is 1. The number of hydrogen-bond donors (Lipinski definition) is 2. The van der Waals surface area contributed by atoms with Gasteiger partial charge in [0.1, 0.15) is 0 Å². The number of esters is 1. The van der Waals surface area contributed by atoms with Gasteiger partial charge < -0.3 is 24.4 Å². The van der Waals surface area contributed by atoms with Crippen molar-refractivity contribution in [2.45, 2.75) is 12.8 Å². The topological polar surface area (TPSA) is 85.2 Å². The lowest BCUT2D eigenvalue weighted by molar-refractivity contribution is -0.141. The van der Waals surface area contributed by atoms with Gasteiger partial charge in [-0.1, -0.05) is 12.1 Å². The second-order valence-electron chi connectivity index (χ2n) is 6.42. The predicted octanol–water partition coefficient (Wildman–Crippen LogP) is 2.69. The fraction of sp³-hybridized carbons (Fsp3) is 0.350. The van der Waals surface area contributed by atoms with E-state index in [1.165, 1.54) is 14.2 Å². The molecule has 6 nitrogen and oxygen atoms in total. The van der Waals surface area contributed by atoms with Crippen molar-refractivity contribution in [1.82, 2.24) is 0 Å². The molecule has 0 aliphatic carbocycles. The van der Waals surface area contributed by atoms with Gasteiger partial charge in [0.25, 0.3) is 0 Å². The van der Waals surface area contributed by atoms with Crippen LogP contribution in [-0.2, 0) is 22.4 Å². The summed E-state index contributed by atoms with van der Waals surface area (Å²) < 4.78 is 15.4. The fourth-order valence-electron chi connectivity index (χ4n) is 3.34. The van der Waals surface area contributed by atoms with E-state index in [9.17, 15) is 15.0 Å². The van der Waals surface area contributed by atoms with E-state index in [1.807, 2.05) is 12.1 Å². The van der Waals surface area contributed by atoms with Crippen molar-refractivity contribution in [3.63, 3.8) is 0 Å². The van der Waals surface area contributed by atoms with Crippen LogP contribution in [0.15, 0.2) is 36.4 Å². The molecule has 6 heteroatoms. The van der Waals surface area contributed by atoms with Crippen molar-refractivity contribution < 1.29 is 29.2 Å². The van der Waals surface area contributed by atoms with Crippen LogP contribution < -0.4 is 9.47 Å². The Morgan fingerprint density at radius 3 is 2.00 bits per heavy atom. The number of benzene rings is 2. The maximum atomic E-state index is 12.2. The first-order valence-corrected chi connectivity index (χ1v) is 8.40. The highest BCUT2D eigenvalue weighted by Crippen LogP contribution is 2.34. The van der Waals surface area contributed by atoms with Gasteiger partial charge in [0, 0.05) is 5.92 Å². The van der Waals surface area contributed by atoms with Gasteiger partial charge >= 0.3 is 5.97 Å². The Morgan fingerprint density at radius 2 is 1.50 bits per heavy atom. The number of aromatic hydroxyl groups is 2. The quantitative estimate of drug-likeness (QED) is 0.773. The van der Waals surface area contributed by atoms with Crippen molar-refractivity contribution in [2.24, 2.45) is 11.8 Å². The molecule has 26 heavy (non-hydrogen) atoms. The van der Waals surface area contributed by atoms with Crippen LogP contribution in [0.4, 0.5) is 0 Å². The second-order valence-corrected chi connectivity index (χ2v) is 6.42. The summed E-state index contributed by atoms with van der Waals surface area (Å²) in [7, 11) is 2.99. The van der Waals surface area contributed by atoms with Gasteiger partial charge in [-0.15, -0.1) is 0 Å². The monoisotopic (exact) mass is 358 g/mol. The highest BCUT2D eigenvalue weighted by Gasteiger charge is 2.37. The summed E-state index contributed by atoms with van der Waals surface area (Å²) in [4.78, 5) is 12.2. The normalized spacial score (nSPS) is 19.2. The lowest BCUT2D eigenvalue weighted by Gasteiger charge is -2.16. The lowest BCUT2D eigenvalue weighted by Crippen LogP contribution is -2.20. The smallest absolute Gasteiger partial charge is 0.309 e. The van der Waals surface area contributed by atoms with Gasteiger partial charge in [-0.25, -0.2) is 0 Å². The van der Waals surface area contributed by atoms with Crippen molar-refractivity contribution in [3.05, 3.63) is 47.5 Å². The van der Waals surface area contributed by atoms with E-state index in [4.69, 9.17) is 14.2 Å². The number of methoxy groups -OCH3 is 2. The molecule has 0 bridgehead atoms. The molecule has 1 saturated heterocycles. The van der Waals surface area contributed by atoms with Gasteiger partial charge in [0.05, 0.1) is 26.7 Å². The Morgan fingerprint density at radius 1 is 0.962 bits per heavy atom. The Hall–Kier alpha value is -2.89. The summed E-state index contributed by atoms with van der Waals surface area (Å²) in [5.41, 5.74) is 1.75. The third-order valence-corrected chi connectivity index (χ3v) is 4.75. The molecule has 138 valence electrons. The molecule has 1 heterocycles. The molecule has 0 radical (unpaired) electrons. The van der Waals surface area contributed by atoms with Gasteiger partial charge in [-0.3, -0.25) is 4.79 Å². The van der Waals surface area contributed by atoms with Crippen molar-refractivity contribution >= 4 is 5.97 Å². The van der Waals surface area contributed by atoms with Crippen molar-refractivity contribution in [2.75, 3.05) is 20.8 Å². The zero-order valence-electron chi connectivity index (χ0n) is 14.8. The molecule has 1 aliphatic rings. The molecule has 1 aliphatic heterocycles. The number of hydrogen-bond acceptors (Lipinski definition) is 6. The minimum absolute atomic E-state index is 0.000426. The summed E-state index contributed by atoms with van der Waals surface area (Å²) in [6.07, 6.45) is 1.08. The molecule has 2 aromatic rings. The first-order valence-electron chi connectivity index (χ1n) is 8.40. The van der Waals surface area contributed by atoms with Crippen molar-refractivity contribution in [3.8, 4) is 23.0 Å². The molecule has 0 saturated carbocycles. The van der Waals surface area contributed by atoms with Gasteiger partial charge in [-0.2, -0.15) is 0 Å². The van der Waals surface area contributed by atoms with Crippen LogP contribution >= 0.6 is 0 Å². The highest BCUT2D eigenvalue weighted by atomic mass is 16.5. The number of ether oxygens (including phenoxy) is 3. The van der Waals surface area contributed by atoms with Crippen LogP contribution in [0.1, 0.15) is 11.1 Å². The van der Waals surface area contributed by atoms with Crippen LogP contribution in [0.2, 0.25) is 0 Å². The Kier molecular flexibility index (Phi) is 5.21. The number of cyclic esters (lactones) is 1. The first kappa shape index (κ1) is 17.9. The van der Waals surface area contributed by atoms with E-state index in [1.54, 1.807) is 24.3 Å². The van der Waals surface area contributed by atoms with Gasteiger partial charge in [-0.05, 0) is 48.2 Å². The molecule has 3 rings (SSSR count). The second kappa shape index (κ2) is 7.56. The van der Waals surface area contributed by atoms with Crippen LogP contribution in [0.25, 0.3) is 0 Å². The maximum Gasteiger partial charge on any atom is 0.309 e. The van der Waals surface area contributed by atoms with Crippen LogP contribution in [0.5, 0.6) is 23.0 Å². The summed E-state index contributed by atoms with van der Waals surface area (Å²) >= 11 is 0. The van der Waals surface area contributed by atoms with E-state index in [0.717, 1.165) is 11.1 Å². The molecule has 2 N–H and O–H groups in total. The number of carbonyl (C=O) groups is 1. The summed E-state index contributed by atoms with van der Waals surface area (Å²) in [6, 6.07) is 10.4. The van der Waals surface area contributed by atoms with E-state index in [0.29, 0.717) is 30.9 Å². The zero-order chi connectivity index (χ0) is 18.7.